The van der Waals surface area contributed by atoms with E-state index in [9.17, 15) is 13.2 Å². The summed E-state index contributed by atoms with van der Waals surface area (Å²) < 4.78 is 41.3. The molecule has 1 unspecified atom stereocenters. The van der Waals surface area contributed by atoms with Crippen LogP contribution >= 0.6 is 0 Å². The summed E-state index contributed by atoms with van der Waals surface area (Å²) in [5.74, 6) is -0.345. The molecule has 1 atom stereocenters. The number of rotatable bonds is 7. The van der Waals surface area contributed by atoms with Gasteiger partial charge in [-0.25, -0.2) is 13.2 Å². The Morgan fingerprint density at radius 3 is 2.47 bits per heavy atom. The van der Waals surface area contributed by atoms with Crippen LogP contribution in [-0.2, 0) is 6.42 Å². The number of halogens is 3. The molecule has 0 aliphatic heterocycles. The van der Waals surface area contributed by atoms with Crippen LogP contribution in [-0.4, -0.2) is 25.1 Å². The summed E-state index contributed by atoms with van der Waals surface area (Å²) in [6.07, 6.45) is 0.534. The molecule has 0 radical (unpaired) electrons. The van der Waals surface area contributed by atoms with Crippen LogP contribution in [0.2, 0.25) is 0 Å². The van der Waals surface area contributed by atoms with Crippen LogP contribution in [0.25, 0.3) is 11.3 Å². The van der Waals surface area contributed by atoms with Crippen molar-refractivity contribution in [2.75, 3.05) is 10.6 Å². The Kier molecular flexibility index (Phi) is 6.02. The molecule has 7 nitrogen and oxygen atoms in total. The molecule has 32 heavy (non-hydrogen) atoms. The fourth-order valence-corrected chi connectivity index (χ4v) is 3.14. The minimum atomic E-state index is -0.662. The van der Waals surface area contributed by atoms with Gasteiger partial charge in [-0.15, -0.1) is 0 Å². The molecule has 10 heteroatoms. The van der Waals surface area contributed by atoms with Crippen LogP contribution in [0.3, 0.4) is 0 Å². The van der Waals surface area contributed by atoms with Crippen LogP contribution in [0.1, 0.15) is 31.3 Å². The first kappa shape index (κ1) is 21.3. The lowest BCUT2D eigenvalue weighted by Gasteiger charge is -2.16. The number of nitrogens with one attached hydrogen (secondary N) is 3. The molecule has 4 aromatic rings. The highest BCUT2D eigenvalue weighted by Crippen LogP contribution is 2.25. The fraction of sp³-hybridized carbons (Fsp3) is 0.182. The standard InChI is InChI=1S/C22H20F3N7/c1-3-19-27-21(26-12(2)14-9-8-13(23)10-17(14)25)30-22(28-19)29-20-11-18(31-32-20)15-6-4-5-7-16(15)24/h4-12H,3H2,1-2H3,(H3,26,27,28,29,30,31,32). The van der Waals surface area contributed by atoms with Gasteiger partial charge < -0.3 is 10.6 Å². The van der Waals surface area contributed by atoms with Crippen LogP contribution in [0.4, 0.5) is 30.9 Å². The molecular formula is C22H20F3N7. The summed E-state index contributed by atoms with van der Waals surface area (Å²) in [6, 6.07) is 10.9. The smallest absolute Gasteiger partial charge is 0.233 e. The van der Waals surface area contributed by atoms with Crippen molar-refractivity contribution in [1.82, 2.24) is 25.1 Å². The Morgan fingerprint density at radius 1 is 0.938 bits per heavy atom. The van der Waals surface area contributed by atoms with Crippen molar-refractivity contribution < 1.29 is 13.2 Å². The quantitative estimate of drug-likeness (QED) is 0.369. The average Bonchev–Trinajstić information content (AvgIpc) is 3.21. The number of anilines is 3. The first-order valence-electron chi connectivity index (χ1n) is 9.96. The number of aromatic amines is 1. The third-order valence-electron chi connectivity index (χ3n) is 4.75. The zero-order chi connectivity index (χ0) is 22.7. The van der Waals surface area contributed by atoms with Crippen molar-refractivity contribution in [3.05, 3.63) is 77.4 Å². The highest BCUT2D eigenvalue weighted by Gasteiger charge is 2.15. The second-order valence-electron chi connectivity index (χ2n) is 7.06. The maximum absolute atomic E-state index is 14.1. The molecule has 0 saturated heterocycles. The van der Waals surface area contributed by atoms with Gasteiger partial charge in [0.2, 0.25) is 11.9 Å². The zero-order valence-corrected chi connectivity index (χ0v) is 17.3. The lowest BCUT2D eigenvalue weighted by atomic mass is 10.1. The van der Waals surface area contributed by atoms with Crippen molar-refractivity contribution in [2.24, 2.45) is 0 Å². The van der Waals surface area contributed by atoms with Gasteiger partial charge in [0, 0.05) is 29.7 Å². The average molecular weight is 439 g/mol. The largest absolute Gasteiger partial charge is 0.347 e. The van der Waals surface area contributed by atoms with Crippen molar-refractivity contribution in [3.8, 4) is 11.3 Å². The number of aromatic nitrogens is 5. The SMILES string of the molecule is CCc1nc(Nc2cc(-c3ccccc3F)[nH]n2)nc(NC(C)c2ccc(F)cc2F)n1. The van der Waals surface area contributed by atoms with Gasteiger partial charge in [0.05, 0.1) is 11.7 Å². The molecule has 0 fully saturated rings. The number of hydrogen-bond acceptors (Lipinski definition) is 6. The fourth-order valence-electron chi connectivity index (χ4n) is 3.14. The maximum Gasteiger partial charge on any atom is 0.233 e. The third kappa shape index (κ3) is 4.69. The van der Waals surface area contributed by atoms with Crippen molar-refractivity contribution in [3.63, 3.8) is 0 Å². The topological polar surface area (TPSA) is 91.4 Å². The normalized spacial score (nSPS) is 11.9. The van der Waals surface area contributed by atoms with Gasteiger partial charge >= 0.3 is 0 Å². The first-order chi connectivity index (χ1) is 15.4. The lowest BCUT2D eigenvalue weighted by Crippen LogP contribution is -2.14. The van der Waals surface area contributed by atoms with Crippen LogP contribution < -0.4 is 10.6 Å². The zero-order valence-electron chi connectivity index (χ0n) is 17.3. The van der Waals surface area contributed by atoms with E-state index in [1.807, 2.05) is 6.92 Å². The van der Waals surface area contributed by atoms with E-state index >= 15 is 0 Å². The van der Waals surface area contributed by atoms with Gasteiger partial charge in [-0.05, 0) is 25.1 Å². The summed E-state index contributed by atoms with van der Waals surface area (Å²) in [7, 11) is 0. The van der Waals surface area contributed by atoms with Crippen LogP contribution in [0.15, 0.2) is 48.5 Å². The van der Waals surface area contributed by atoms with E-state index < -0.39 is 17.7 Å². The molecule has 3 N–H and O–H groups in total. The summed E-state index contributed by atoms with van der Waals surface area (Å²) >= 11 is 0. The molecule has 0 aliphatic rings. The predicted molar refractivity (Wildman–Crippen MR) is 115 cm³/mol. The van der Waals surface area contributed by atoms with Gasteiger partial charge in [0.1, 0.15) is 23.3 Å². The van der Waals surface area contributed by atoms with Gasteiger partial charge in [-0.2, -0.15) is 20.1 Å². The Hall–Kier alpha value is -3.95. The van der Waals surface area contributed by atoms with E-state index in [1.165, 1.54) is 18.2 Å². The number of H-pyrrole nitrogens is 1. The molecule has 0 bridgehead atoms. The monoisotopic (exact) mass is 439 g/mol. The molecular weight excluding hydrogens is 419 g/mol. The highest BCUT2D eigenvalue weighted by molar-refractivity contribution is 5.65. The maximum atomic E-state index is 14.1. The summed E-state index contributed by atoms with van der Waals surface area (Å²) in [6.45, 7) is 3.60. The molecule has 0 saturated carbocycles. The Labute approximate surface area is 182 Å². The highest BCUT2D eigenvalue weighted by atomic mass is 19.1. The van der Waals surface area contributed by atoms with E-state index in [0.29, 0.717) is 29.3 Å². The van der Waals surface area contributed by atoms with E-state index in [-0.39, 0.29) is 23.3 Å². The second kappa shape index (κ2) is 9.04. The van der Waals surface area contributed by atoms with E-state index in [4.69, 9.17) is 0 Å². The lowest BCUT2D eigenvalue weighted by molar-refractivity contribution is 0.566. The summed E-state index contributed by atoms with van der Waals surface area (Å²) in [4.78, 5) is 13.0. The predicted octanol–water partition coefficient (Wildman–Crippen LogP) is 5.16. The number of nitrogens with zero attached hydrogens (tertiary/aromatic N) is 4. The minimum Gasteiger partial charge on any atom is -0.347 e. The van der Waals surface area contributed by atoms with Crippen molar-refractivity contribution >= 4 is 17.7 Å². The van der Waals surface area contributed by atoms with Gasteiger partial charge in [0.25, 0.3) is 0 Å². The molecule has 164 valence electrons. The van der Waals surface area contributed by atoms with Crippen molar-refractivity contribution in [2.45, 2.75) is 26.3 Å². The van der Waals surface area contributed by atoms with E-state index in [2.05, 4.69) is 35.8 Å². The summed E-state index contributed by atoms with van der Waals surface area (Å²) in [5.41, 5.74) is 1.16. The Bertz CT molecular complexity index is 1240. The van der Waals surface area contributed by atoms with Gasteiger partial charge in [-0.1, -0.05) is 25.1 Å². The molecule has 4 rings (SSSR count). The minimum absolute atomic E-state index is 0.220. The molecule has 2 heterocycles. The van der Waals surface area contributed by atoms with Gasteiger partial charge in [-0.3, -0.25) is 5.10 Å². The Morgan fingerprint density at radius 2 is 1.72 bits per heavy atom. The number of aryl methyl sites for hydroxylation is 1. The Balaban J connectivity index is 1.55. The van der Waals surface area contributed by atoms with Crippen molar-refractivity contribution in [1.29, 1.82) is 0 Å². The molecule has 0 amide bonds. The van der Waals surface area contributed by atoms with Crippen LogP contribution in [0.5, 0.6) is 0 Å². The summed E-state index contributed by atoms with van der Waals surface area (Å²) in [5, 5.41) is 12.9. The van der Waals surface area contributed by atoms with E-state index in [1.54, 1.807) is 31.2 Å². The van der Waals surface area contributed by atoms with E-state index in [0.717, 1.165) is 6.07 Å². The van der Waals surface area contributed by atoms with Crippen LogP contribution in [0, 0.1) is 17.5 Å². The second-order valence-corrected chi connectivity index (χ2v) is 7.06. The first-order valence-corrected chi connectivity index (χ1v) is 9.96. The number of benzene rings is 2. The van der Waals surface area contributed by atoms with Gasteiger partial charge in [0.15, 0.2) is 5.82 Å². The molecule has 0 spiro atoms. The molecule has 2 aromatic carbocycles. The molecule has 2 aromatic heterocycles. The third-order valence-corrected chi connectivity index (χ3v) is 4.75. The molecule has 0 aliphatic carbocycles. The number of hydrogen-bond donors (Lipinski definition) is 3.